The molecule has 2 rings (SSSR count). The number of hydrogen-bond acceptors (Lipinski definition) is 3. The number of hydrogen-bond donors (Lipinski definition) is 0. The highest BCUT2D eigenvalue weighted by atomic mass is 16.6. The molecule has 5 nitrogen and oxygen atoms in total. The summed E-state index contributed by atoms with van der Waals surface area (Å²) in [6.07, 6.45) is 1.02. The summed E-state index contributed by atoms with van der Waals surface area (Å²) in [5.74, 6) is 0.266. The van der Waals surface area contributed by atoms with Gasteiger partial charge in [-0.2, -0.15) is 0 Å². The fourth-order valence-electron chi connectivity index (χ4n) is 2.61. The molecule has 0 aromatic heterocycles. The van der Waals surface area contributed by atoms with Gasteiger partial charge < -0.3 is 9.64 Å². The predicted molar refractivity (Wildman–Crippen MR) is 88.6 cm³/mol. The van der Waals surface area contributed by atoms with Crippen molar-refractivity contribution in [1.82, 2.24) is 9.80 Å². The van der Waals surface area contributed by atoms with E-state index in [0.717, 1.165) is 5.56 Å². The fraction of sp³-hybridized carbons (Fsp3) is 0.444. The number of carbonyl (C=O) groups excluding carboxylic acids is 2. The number of ether oxygens (including phenoxy) is 1. The fourth-order valence-corrected chi connectivity index (χ4v) is 2.61. The van der Waals surface area contributed by atoms with Gasteiger partial charge in [-0.3, -0.25) is 9.69 Å². The smallest absolute Gasteiger partial charge is 0.412 e. The van der Waals surface area contributed by atoms with Crippen LogP contribution >= 0.6 is 0 Å². The Labute approximate surface area is 137 Å². The van der Waals surface area contributed by atoms with Crippen LogP contribution in [0.3, 0.4) is 0 Å². The van der Waals surface area contributed by atoms with Gasteiger partial charge in [0.2, 0.25) is 5.91 Å². The summed E-state index contributed by atoms with van der Waals surface area (Å²) < 4.78 is 5.37. The maximum Gasteiger partial charge on any atom is 0.416 e. The molecule has 1 saturated heterocycles. The van der Waals surface area contributed by atoms with E-state index in [1.54, 1.807) is 9.80 Å². The van der Waals surface area contributed by atoms with Gasteiger partial charge in [-0.1, -0.05) is 30.3 Å². The summed E-state index contributed by atoms with van der Waals surface area (Å²) in [6.45, 7) is 9.33. The zero-order chi connectivity index (χ0) is 17.0. The molecule has 0 spiro atoms. The Hall–Kier alpha value is -2.30. The Morgan fingerprint density at radius 1 is 1.22 bits per heavy atom. The monoisotopic (exact) mass is 316 g/mol. The Morgan fingerprint density at radius 2 is 1.83 bits per heavy atom. The normalized spacial score (nSPS) is 18.2. The molecule has 1 aromatic carbocycles. The van der Waals surface area contributed by atoms with Crippen LogP contribution in [0.4, 0.5) is 4.79 Å². The van der Waals surface area contributed by atoms with Gasteiger partial charge >= 0.3 is 6.09 Å². The van der Waals surface area contributed by atoms with Gasteiger partial charge in [0.1, 0.15) is 5.76 Å². The summed E-state index contributed by atoms with van der Waals surface area (Å²) in [5, 5.41) is 0. The van der Waals surface area contributed by atoms with Gasteiger partial charge in [0.15, 0.2) is 0 Å². The quantitative estimate of drug-likeness (QED) is 0.784. The lowest BCUT2D eigenvalue weighted by atomic mass is 10.00. The minimum absolute atomic E-state index is 0.132. The van der Waals surface area contributed by atoms with E-state index >= 15 is 0 Å². The van der Waals surface area contributed by atoms with Crippen LogP contribution in [0.1, 0.15) is 33.3 Å². The van der Waals surface area contributed by atoms with Crippen molar-refractivity contribution < 1.29 is 14.3 Å². The maximum absolute atomic E-state index is 12.3. The van der Waals surface area contributed by atoms with Crippen molar-refractivity contribution in [2.45, 2.75) is 39.8 Å². The number of benzene rings is 1. The average Bonchev–Trinajstić information content (AvgIpc) is 2.73. The Bertz CT molecular complexity index is 604. The lowest BCUT2D eigenvalue weighted by Crippen LogP contribution is -2.41. The van der Waals surface area contributed by atoms with E-state index in [0.29, 0.717) is 25.4 Å². The summed E-state index contributed by atoms with van der Waals surface area (Å²) in [5.41, 5.74) is 0.365. The summed E-state index contributed by atoms with van der Waals surface area (Å²) in [7, 11) is 0. The standard InChI is InChI=1S/C18H24N2O3/c1-5-19(6-2)16(21)12-15-18(3,4)20(17(22)23-15)13-14-10-8-7-9-11-14/h7-12H,5-6,13H2,1-4H3/b15-12-. The maximum atomic E-state index is 12.3. The second-order valence-corrected chi connectivity index (χ2v) is 6.02. The van der Waals surface area contributed by atoms with Crippen molar-refractivity contribution in [3.05, 3.63) is 47.7 Å². The van der Waals surface area contributed by atoms with E-state index in [1.165, 1.54) is 6.08 Å². The zero-order valence-electron chi connectivity index (χ0n) is 14.2. The first-order chi connectivity index (χ1) is 10.9. The number of nitrogens with zero attached hydrogens (tertiary/aromatic N) is 2. The van der Waals surface area contributed by atoms with Crippen LogP contribution < -0.4 is 0 Å². The van der Waals surface area contributed by atoms with E-state index in [4.69, 9.17) is 4.74 Å². The Balaban J connectivity index is 2.22. The van der Waals surface area contributed by atoms with Crippen LogP contribution in [0, 0.1) is 0 Å². The molecule has 0 saturated carbocycles. The average molecular weight is 316 g/mol. The van der Waals surface area contributed by atoms with Crippen LogP contribution in [0.5, 0.6) is 0 Å². The predicted octanol–water partition coefficient (Wildman–Crippen LogP) is 3.17. The van der Waals surface area contributed by atoms with Gasteiger partial charge in [0.05, 0.1) is 12.1 Å². The van der Waals surface area contributed by atoms with E-state index in [1.807, 2.05) is 58.0 Å². The summed E-state index contributed by atoms with van der Waals surface area (Å²) in [6, 6.07) is 9.73. The zero-order valence-corrected chi connectivity index (χ0v) is 14.2. The lowest BCUT2D eigenvalue weighted by molar-refractivity contribution is -0.125. The van der Waals surface area contributed by atoms with Crippen LogP contribution in [-0.2, 0) is 16.1 Å². The minimum Gasteiger partial charge on any atom is -0.412 e. The SMILES string of the molecule is CCN(CC)C(=O)/C=C1\OC(=O)N(Cc2ccccc2)C1(C)C. The van der Waals surface area contributed by atoms with Gasteiger partial charge in [-0.15, -0.1) is 0 Å². The third-order valence-electron chi connectivity index (χ3n) is 4.21. The van der Waals surface area contributed by atoms with Crippen molar-refractivity contribution in [1.29, 1.82) is 0 Å². The van der Waals surface area contributed by atoms with Crippen molar-refractivity contribution in [3.63, 3.8) is 0 Å². The molecular weight excluding hydrogens is 292 g/mol. The first kappa shape index (κ1) is 17.1. The van der Waals surface area contributed by atoms with E-state index in [-0.39, 0.29) is 5.91 Å². The molecule has 1 aromatic rings. The summed E-state index contributed by atoms with van der Waals surface area (Å²) >= 11 is 0. The lowest BCUT2D eigenvalue weighted by Gasteiger charge is -2.28. The van der Waals surface area contributed by atoms with Crippen LogP contribution in [-0.4, -0.2) is 40.4 Å². The molecule has 1 fully saturated rings. The van der Waals surface area contributed by atoms with Gasteiger partial charge in [-0.05, 0) is 33.3 Å². The second kappa shape index (κ2) is 6.86. The molecule has 2 amide bonds. The van der Waals surface area contributed by atoms with Crippen molar-refractivity contribution in [3.8, 4) is 0 Å². The molecule has 0 aliphatic carbocycles. The third-order valence-corrected chi connectivity index (χ3v) is 4.21. The number of amides is 2. The molecule has 1 aliphatic heterocycles. The highest BCUT2D eigenvalue weighted by Gasteiger charge is 2.45. The number of rotatable bonds is 5. The molecule has 124 valence electrons. The number of likely N-dealkylation sites (N-methyl/N-ethyl adjacent to an activating group) is 1. The molecule has 1 heterocycles. The number of carbonyl (C=O) groups is 2. The molecule has 1 aliphatic rings. The minimum atomic E-state index is -0.657. The molecule has 0 atom stereocenters. The van der Waals surface area contributed by atoms with E-state index < -0.39 is 11.6 Å². The highest BCUT2D eigenvalue weighted by Crippen LogP contribution is 2.34. The summed E-state index contributed by atoms with van der Waals surface area (Å²) in [4.78, 5) is 27.8. The molecule has 0 N–H and O–H groups in total. The van der Waals surface area contributed by atoms with E-state index in [2.05, 4.69) is 0 Å². The Morgan fingerprint density at radius 3 is 2.39 bits per heavy atom. The first-order valence-electron chi connectivity index (χ1n) is 7.94. The first-order valence-corrected chi connectivity index (χ1v) is 7.94. The largest absolute Gasteiger partial charge is 0.416 e. The third kappa shape index (κ3) is 3.55. The molecule has 0 radical (unpaired) electrons. The van der Waals surface area contributed by atoms with Crippen molar-refractivity contribution in [2.75, 3.05) is 13.1 Å². The van der Waals surface area contributed by atoms with Crippen LogP contribution in [0.2, 0.25) is 0 Å². The van der Waals surface area contributed by atoms with Gasteiger partial charge in [-0.25, -0.2) is 4.79 Å². The molecule has 0 bridgehead atoms. The highest BCUT2D eigenvalue weighted by molar-refractivity contribution is 5.89. The van der Waals surface area contributed by atoms with Gasteiger partial charge in [0, 0.05) is 19.2 Å². The molecule has 0 unspecified atom stereocenters. The van der Waals surface area contributed by atoms with Crippen molar-refractivity contribution in [2.24, 2.45) is 0 Å². The Kier molecular flexibility index (Phi) is 5.08. The van der Waals surface area contributed by atoms with Crippen LogP contribution in [0.15, 0.2) is 42.2 Å². The molecule has 23 heavy (non-hydrogen) atoms. The van der Waals surface area contributed by atoms with E-state index in [9.17, 15) is 9.59 Å². The molecule has 5 heteroatoms. The number of cyclic esters (lactones) is 1. The second-order valence-electron chi connectivity index (χ2n) is 6.02. The molecular formula is C18H24N2O3. The topological polar surface area (TPSA) is 49.9 Å². The van der Waals surface area contributed by atoms with Gasteiger partial charge in [0.25, 0.3) is 0 Å². The van der Waals surface area contributed by atoms with Crippen molar-refractivity contribution >= 4 is 12.0 Å². The van der Waals surface area contributed by atoms with Crippen LogP contribution in [0.25, 0.3) is 0 Å².